The predicted octanol–water partition coefficient (Wildman–Crippen LogP) is 2.23. The van der Waals surface area contributed by atoms with Crippen LogP contribution < -0.4 is 4.72 Å². The molecule has 0 heterocycles. The highest BCUT2D eigenvalue weighted by atomic mass is 32.2. The van der Waals surface area contributed by atoms with E-state index in [1.54, 1.807) is 18.2 Å². The molecule has 0 amide bonds. The molecule has 0 spiro atoms. The van der Waals surface area contributed by atoms with Crippen molar-refractivity contribution < 1.29 is 13.5 Å². The maximum Gasteiger partial charge on any atom is 0.244 e. The van der Waals surface area contributed by atoms with Crippen molar-refractivity contribution in [3.05, 3.63) is 36.4 Å². The van der Waals surface area contributed by atoms with Crippen molar-refractivity contribution in [2.75, 3.05) is 6.54 Å². The van der Waals surface area contributed by atoms with Gasteiger partial charge < -0.3 is 5.11 Å². The van der Waals surface area contributed by atoms with E-state index in [4.69, 9.17) is 0 Å². The molecule has 96 valence electrons. The highest BCUT2D eigenvalue weighted by molar-refractivity contribution is 7.89. The van der Waals surface area contributed by atoms with E-state index in [1.165, 1.54) is 6.07 Å². The number of fused-ring (bicyclic) bond motifs is 1. The van der Waals surface area contributed by atoms with Crippen molar-refractivity contribution >= 4 is 20.8 Å². The minimum atomic E-state index is -3.64. The van der Waals surface area contributed by atoms with Gasteiger partial charge in [0.2, 0.25) is 10.0 Å². The van der Waals surface area contributed by atoms with E-state index >= 15 is 0 Å². The van der Waals surface area contributed by atoms with Gasteiger partial charge in [-0.25, -0.2) is 13.1 Å². The van der Waals surface area contributed by atoms with Crippen LogP contribution in [0.5, 0.6) is 5.75 Å². The Morgan fingerprint density at radius 1 is 1.17 bits per heavy atom. The summed E-state index contributed by atoms with van der Waals surface area (Å²) in [5.74, 6) is -0.197. The number of phenolic OH excluding ortho intramolecular Hbond substituents is 1. The van der Waals surface area contributed by atoms with E-state index in [-0.39, 0.29) is 10.6 Å². The fraction of sp³-hybridized carbons (Fsp3) is 0.231. The van der Waals surface area contributed by atoms with Crippen LogP contribution in [0.2, 0.25) is 0 Å². The van der Waals surface area contributed by atoms with Crippen molar-refractivity contribution in [3.8, 4) is 5.75 Å². The molecule has 4 nitrogen and oxygen atoms in total. The summed E-state index contributed by atoms with van der Waals surface area (Å²) in [6, 6.07) is 10.2. The first-order valence-electron chi connectivity index (χ1n) is 5.76. The molecule has 0 saturated carbocycles. The van der Waals surface area contributed by atoms with Gasteiger partial charge in [-0.15, -0.1) is 0 Å². The summed E-state index contributed by atoms with van der Waals surface area (Å²) in [7, 11) is -3.64. The van der Waals surface area contributed by atoms with Crippen LogP contribution in [0.4, 0.5) is 0 Å². The molecule has 0 fully saturated rings. The number of aromatic hydroxyl groups is 1. The van der Waals surface area contributed by atoms with Crippen molar-refractivity contribution in [3.63, 3.8) is 0 Å². The van der Waals surface area contributed by atoms with E-state index in [0.29, 0.717) is 18.4 Å². The van der Waals surface area contributed by atoms with Gasteiger partial charge in [-0.3, -0.25) is 0 Å². The third-order valence-corrected chi connectivity index (χ3v) is 4.19. The Hall–Kier alpha value is -1.59. The number of sulfonamides is 1. The summed E-state index contributed by atoms with van der Waals surface area (Å²) < 4.78 is 26.4. The Bertz CT molecular complexity index is 665. The van der Waals surface area contributed by atoms with Crippen LogP contribution in [-0.4, -0.2) is 20.1 Å². The van der Waals surface area contributed by atoms with E-state index < -0.39 is 10.0 Å². The Morgan fingerprint density at radius 3 is 2.61 bits per heavy atom. The van der Waals surface area contributed by atoms with E-state index in [0.717, 1.165) is 5.39 Å². The molecule has 18 heavy (non-hydrogen) atoms. The zero-order chi connectivity index (χ0) is 13.2. The molecular formula is C13H15NO3S. The first kappa shape index (κ1) is 12.9. The van der Waals surface area contributed by atoms with Gasteiger partial charge in [0.15, 0.2) is 0 Å². The number of phenols is 1. The van der Waals surface area contributed by atoms with Gasteiger partial charge in [-0.05, 0) is 17.9 Å². The zero-order valence-corrected chi connectivity index (χ0v) is 10.9. The minimum Gasteiger partial charge on any atom is -0.506 e. The number of rotatable bonds is 4. The summed E-state index contributed by atoms with van der Waals surface area (Å²) >= 11 is 0. The second kappa shape index (κ2) is 4.96. The number of nitrogens with one attached hydrogen (secondary N) is 1. The fourth-order valence-corrected chi connectivity index (χ4v) is 3.01. The summed E-state index contributed by atoms with van der Waals surface area (Å²) in [6.45, 7) is 2.23. The summed E-state index contributed by atoms with van der Waals surface area (Å²) in [6.07, 6.45) is 0.702. The molecule has 0 aromatic heterocycles. The van der Waals surface area contributed by atoms with E-state index in [1.807, 2.05) is 19.1 Å². The standard InChI is InChI=1S/C13H15NO3S/c1-2-9-14-18(16,17)12-8-7-10-5-3-4-6-11(10)13(12)15/h3-8,14-15H,2,9H2,1H3. The Kier molecular flexibility index (Phi) is 3.54. The lowest BCUT2D eigenvalue weighted by atomic mass is 10.1. The van der Waals surface area contributed by atoms with E-state index in [9.17, 15) is 13.5 Å². The molecule has 0 aliphatic heterocycles. The van der Waals surface area contributed by atoms with Crippen LogP contribution in [0.3, 0.4) is 0 Å². The monoisotopic (exact) mass is 265 g/mol. The normalized spacial score (nSPS) is 11.8. The van der Waals surface area contributed by atoms with Gasteiger partial charge in [-0.1, -0.05) is 37.3 Å². The molecule has 0 radical (unpaired) electrons. The molecule has 0 aliphatic carbocycles. The molecule has 2 rings (SSSR count). The maximum absolute atomic E-state index is 12.0. The van der Waals surface area contributed by atoms with Gasteiger partial charge in [0.25, 0.3) is 0 Å². The van der Waals surface area contributed by atoms with E-state index in [2.05, 4.69) is 4.72 Å². The Balaban J connectivity index is 2.56. The molecule has 5 heteroatoms. The molecule has 0 unspecified atom stereocenters. The van der Waals surface area contributed by atoms with Gasteiger partial charge in [0, 0.05) is 11.9 Å². The molecule has 2 N–H and O–H groups in total. The quantitative estimate of drug-likeness (QED) is 0.891. The Labute approximate surface area is 106 Å². The smallest absolute Gasteiger partial charge is 0.244 e. The van der Waals surface area contributed by atoms with Crippen molar-refractivity contribution in [1.82, 2.24) is 4.72 Å². The lowest BCUT2D eigenvalue weighted by molar-refractivity contribution is 0.464. The SMILES string of the molecule is CCCNS(=O)(=O)c1ccc2ccccc2c1O. The highest BCUT2D eigenvalue weighted by Crippen LogP contribution is 2.31. The molecular weight excluding hydrogens is 250 g/mol. The first-order chi connectivity index (χ1) is 8.56. The summed E-state index contributed by atoms with van der Waals surface area (Å²) in [5.41, 5.74) is 0. The molecule has 0 aliphatic rings. The highest BCUT2D eigenvalue weighted by Gasteiger charge is 2.19. The van der Waals surface area contributed by atoms with Crippen LogP contribution in [0.15, 0.2) is 41.3 Å². The number of hydrogen-bond donors (Lipinski definition) is 2. The van der Waals surface area contributed by atoms with Crippen molar-refractivity contribution in [2.45, 2.75) is 18.2 Å². The van der Waals surface area contributed by atoms with Gasteiger partial charge in [-0.2, -0.15) is 0 Å². The predicted molar refractivity (Wildman–Crippen MR) is 71.1 cm³/mol. The summed E-state index contributed by atoms with van der Waals surface area (Å²) in [5, 5.41) is 11.4. The van der Waals surface area contributed by atoms with Gasteiger partial charge >= 0.3 is 0 Å². The third kappa shape index (κ3) is 2.32. The topological polar surface area (TPSA) is 66.4 Å². The van der Waals surface area contributed by atoms with Crippen LogP contribution in [0, 0.1) is 0 Å². The minimum absolute atomic E-state index is 0.0744. The largest absolute Gasteiger partial charge is 0.506 e. The van der Waals surface area contributed by atoms with Gasteiger partial charge in [0.1, 0.15) is 10.6 Å². The third-order valence-electron chi connectivity index (χ3n) is 2.70. The average molecular weight is 265 g/mol. The molecule has 2 aromatic carbocycles. The maximum atomic E-state index is 12.0. The number of benzene rings is 2. The summed E-state index contributed by atoms with van der Waals surface area (Å²) in [4.78, 5) is -0.0744. The average Bonchev–Trinajstić information content (AvgIpc) is 2.37. The first-order valence-corrected chi connectivity index (χ1v) is 7.25. The second-order valence-electron chi connectivity index (χ2n) is 4.03. The second-order valence-corrected chi connectivity index (χ2v) is 5.77. The van der Waals surface area contributed by atoms with Crippen LogP contribution in [0.1, 0.15) is 13.3 Å². The molecule has 0 saturated heterocycles. The molecule has 0 bridgehead atoms. The fourth-order valence-electron chi connectivity index (χ4n) is 1.77. The Morgan fingerprint density at radius 2 is 1.89 bits per heavy atom. The van der Waals surface area contributed by atoms with Crippen LogP contribution in [0.25, 0.3) is 10.8 Å². The number of hydrogen-bond acceptors (Lipinski definition) is 3. The van der Waals surface area contributed by atoms with Gasteiger partial charge in [0.05, 0.1) is 0 Å². The lowest BCUT2D eigenvalue weighted by Crippen LogP contribution is -2.24. The van der Waals surface area contributed by atoms with Crippen molar-refractivity contribution in [2.24, 2.45) is 0 Å². The zero-order valence-electron chi connectivity index (χ0n) is 10.1. The van der Waals surface area contributed by atoms with Crippen molar-refractivity contribution in [1.29, 1.82) is 0 Å². The van der Waals surface area contributed by atoms with Crippen LogP contribution >= 0.6 is 0 Å². The molecule has 0 atom stereocenters. The lowest BCUT2D eigenvalue weighted by Gasteiger charge is -2.09. The van der Waals surface area contributed by atoms with Crippen LogP contribution in [-0.2, 0) is 10.0 Å². The molecule has 2 aromatic rings.